The van der Waals surface area contributed by atoms with Crippen molar-refractivity contribution in [3.63, 3.8) is 0 Å². The van der Waals surface area contributed by atoms with E-state index >= 15 is 0 Å². The van der Waals surface area contributed by atoms with E-state index in [1.54, 1.807) is 6.08 Å². The van der Waals surface area contributed by atoms with Crippen LogP contribution in [0.4, 0.5) is 0 Å². The lowest BCUT2D eigenvalue weighted by atomic mass is 10.1. The van der Waals surface area contributed by atoms with E-state index < -0.39 is 0 Å². The number of aromatic nitrogens is 1. The van der Waals surface area contributed by atoms with Gasteiger partial charge < -0.3 is 4.74 Å². The minimum atomic E-state index is 0.453. The molecule has 2 aromatic rings. The molecule has 4 heteroatoms. The van der Waals surface area contributed by atoms with Gasteiger partial charge in [0, 0.05) is 5.56 Å². The number of nitrogens with zero attached hydrogens (tertiary/aromatic N) is 1. The summed E-state index contributed by atoms with van der Waals surface area (Å²) in [7, 11) is 0. The highest BCUT2D eigenvalue weighted by atomic mass is 79.9. The Bertz CT molecular complexity index is 599. The largest absolute Gasteiger partial charge is 0.485 e. The highest BCUT2D eigenvalue weighted by molar-refractivity contribution is 9.10. The average molecular weight is 339 g/mol. The Morgan fingerprint density at radius 3 is 2.68 bits per heavy atom. The second-order valence-electron chi connectivity index (χ2n) is 4.04. The molecule has 98 valence electrons. The van der Waals surface area contributed by atoms with Crippen molar-refractivity contribution in [2.45, 2.75) is 13.5 Å². The van der Waals surface area contributed by atoms with Crippen LogP contribution in [0.5, 0.6) is 5.75 Å². The average Bonchev–Trinajstić information content (AvgIpc) is 2.42. The van der Waals surface area contributed by atoms with Gasteiger partial charge in [-0.05, 0) is 34.0 Å². The quantitative estimate of drug-likeness (QED) is 0.730. The second-order valence-corrected chi connectivity index (χ2v) is 5.15. The van der Waals surface area contributed by atoms with Crippen molar-refractivity contribution >= 4 is 33.6 Å². The Morgan fingerprint density at radius 2 is 2.05 bits per heavy atom. The second kappa shape index (κ2) is 6.22. The lowest BCUT2D eigenvalue weighted by Crippen LogP contribution is -2.01. The zero-order valence-electron chi connectivity index (χ0n) is 10.5. The van der Waals surface area contributed by atoms with Gasteiger partial charge in [-0.1, -0.05) is 54.6 Å². The van der Waals surface area contributed by atoms with Crippen LogP contribution in [0.25, 0.3) is 6.08 Å². The number of halogens is 2. The van der Waals surface area contributed by atoms with Gasteiger partial charge in [0.1, 0.15) is 16.4 Å². The normalized spacial score (nSPS) is 10.3. The SMILES string of the molecule is C=Cc1c(C)c(Cl)nc(Br)c1OCc1ccccc1. The molecule has 2 rings (SSSR count). The molecule has 0 aliphatic rings. The maximum Gasteiger partial charge on any atom is 0.160 e. The van der Waals surface area contributed by atoms with Crippen LogP contribution in [0.3, 0.4) is 0 Å². The summed E-state index contributed by atoms with van der Waals surface area (Å²) < 4.78 is 6.43. The first-order chi connectivity index (χ1) is 9.13. The monoisotopic (exact) mass is 337 g/mol. The van der Waals surface area contributed by atoms with Crippen molar-refractivity contribution in [2.24, 2.45) is 0 Å². The number of hydrogen-bond acceptors (Lipinski definition) is 2. The molecule has 1 aromatic heterocycles. The molecule has 0 saturated heterocycles. The molecule has 0 N–H and O–H groups in total. The topological polar surface area (TPSA) is 22.1 Å². The number of ether oxygens (including phenoxy) is 1. The molecule has 0 unspecified atom stereocenters. The first kappa shape index (κ1) is 14.1. The molecule has 0 amide bonds. The van der Waals surface area contributed by atoms with Crippen molar-refractivity contribution in [3.05, 3.63) is 63.4 Å². The molecule has 0 aliphatic heterocycles. The molecule has 0 spiro atoms. The van der Waals surface area contributed by atoms with Gasteiger partial charge in [-0.2, -0.15) is 0 Å². The Morgan fingerprint density at radius 1 is 1.37 bits per heavy atom. The van der Waals surface area contributed by atoms with Crippen LogP contribution in [0.1, 0.15) is 16.7 Å². The molecule has 1 aromatic carbocycles. The minimum absolute atomic E-state index is 0.453. The van der Waals surface area contributed by atoms with Crippen LogP contribution < -0.4 is 4.74 Å². The maximum absolute atomic E-state index is 6.04. The predicted octanol–water partition coefficient (Wildman–Crippen LogP) is 5.03. The lowest BCUT2D eigenvalue weighted by Gasteiger charge is -2.13. The molecule has 0 radical (unpaired) electrons. The van der Waals surface area contributed by atoms with E-state index in [1.165, 1.54) is 0 Å². The lowest BCUT2D eigenvalue weighted by molar-refractivity contribution is 0.302. The third-order valence-corrected chi connectivity index (χ3v) is 3.68. The zero-order valence-corrected chi connectivity index (χ0v) is 12.8. The van der Waals surface area contributed by atoms with Gasteiger partial charge in [-0.3, -0.25) is 0 Å². The highest BCUT2D eigenvalue weighted by Gasteiger charge is 2.14. The Labute approximate surface area is 126 Å². The van der Waals surface area contributed by atoms with Crippen molar-refractivity contribution in [1.29, 1.82) is 0 Å². The van der Waals surface area contributed by atoms with E-state index in [1.807, 2.05) is 37.3 Å². The highest BCUT2D eigenvalue weighted by Crippen LogP contribution is 2.34. The fourth-order valence-corrected chi connectivity index (χ4v) is 2.52. The summed E-state index contributed by atoms with van der Waals surface area (Å²) in [6.07, 6.45) is 1.73. The Kier molecular flexibility index (Phi) is 4.61. The van der Waals surface area contributed by atoms with Gasteiger partial charge in [0.2, 0.25) is 0 Å². The van der Waals surface area contributed by atoms with Gasteiger partial charge >= 0.3 is 0 Å². The van der Waals surface area contributed by atoms with E-state index in [-0.39, 0.29) is 0 Å². The van der Waals surface area contributed by atoms with Crippen molar-refractivity contribution in [3.8, 4) is 5.75 Å². The first-order valence-electron chi connectivity index (χ1n) is 5.78. The molecule has 1 heterocycles. The maximum atomic E-state index is 6.04. The molecule has 0 saturated carbocycles. The van der Waals surface area contributed by atoms with Crippen LogP contribution in [-0.4, -0.2) is 4.98 Å². The number of benzene rings is 1. The van der Waals surface area contributed by atoms with Crippen LogP contribution in [-0.2, 0) is 6.61 Å². The predicted molar refractivity (Wildman–Crippen MR) is 82.5 cm³/mol. The van der Waals surface area contributed by atoms with E-state index in [0.29, 0.717) is 22.1 Å². The van der Waals surface area contributed by atoms with Crippen LogP contribution in [0, 0.1) is 6.92 Å². The summed E-state index contributed by atoms with van der Waals surface area (Å²) in [6.45, 7) is 6.17. The number of hydrogen-bond donors (Lipinski definition) is 0. The van der Waals surface area contributed by atoms with E-state index in [9.17, 15) is 0 Å². The molecule has 19 heavy (non-hydrogen) atoms. The van der Waals surface area contributed by atoms with E-state index in [4.69, 9.17) is 16.3 Å². The standard InChI is InChI=1S/C15H13BrClNO/c1-3-12-10(2)15(17)18-14(16)13(12)19-9-11-7-5-4-6-8-11/h3-8H,1,9H2,2H3. The van der Waals surface area contributed by atoms with Crippen molar-refractivity contribution in [1.82, 2.24) is 4.98 Å². The third-order valence-electron chi connectivity index (χ3n) is 2.77. The molecular formula is C15H13BrClNO. The summed E-state index contributed by atoms with van der Waals surface area (Å²) in [5.74, 6) is 0.667. The smallest absolute Gasteiger partial charge is 0.160 e. The van der Waals surface area contributed by atoms with Gasteiger partial charge in [0.05, 0.1) is 0 Å². The molecule has 0 bridgehead atoms. The Hall–Kier alpha value is -1.32. The van der Waals surface area contributed by atoms with Crippen molar-refractivity contribution in [2.75, 3.05) is 0 Å². The molecular weight excluding hydrogens is 326 g/mol. The summed E-state index contributed by atoms with van der Waals surface area (Å²) in [6, 6.07) is 9.96. The van der Waals surface area contributed by atoms with E-state index in [0.717, 1.165) is 16.7 Å². The van der Waals surface area contributed by atoms with Crippen LogP contribution in [0.2, 0.25) is 5.15 Å². The Balaban J connectivity index is 2.30. The van der Waals surface area contributed by atoms with Gasteiger partial charge in [-0.15, -0.1) is 0 Å². The van der Waals surface area contributed by atoms with Gasteiger partial charge in [-0.25, -0.2) is 4.98 Å². The molecule has 0 fully saturated rings. The summed E-state index contributed by atoms with van der Waals surface area (Å²) in [5, 5.41) is 0.453. The third kappa shape index (κ3) is 3.17. The summed E-state index contributed by atoms with van der Waals surface area (Å²) >= 11 is 9.42. The first-order valence-corrected chi connectivity index (χ1v) is 6.95. The fraction of sp³-hybridized carbons (Fsp3) is 0.133. The van der Waals surface area contributed by atoms with E-state index in [2.05, 4.69) is 27.5 Å². The van der Waals surface area contributed by atoms with Gasteiger partial charge in [0.25, 0.3) is 0 Å². The zero-order chi connectivity index (χ0) is 13.8. The fourth-order valence-electron chi connectivity index (χ4n) is 1.73. The number of rotatable bonds is 4. The summed E-state index contributed by atoms with van der Waals surface area (Å²) in [5.41, 5.74) is 2.82. The van der Waals surface area contributed by atoms with Crippen molar-refractivity contribution < 1.29 is 4.74 Å². The van der Waals surface area contributed by atoms with Crippen LogP contribution in [0.15, 0.2) is 41.5 Å². The summed E-state index contributed by atoms with van der Waals surface area (Å²) in [4.78, 5) is 4.20. The molecule has 0 aliphatic carbocycles. The van der Waals surface area contributed by atoms with Crippen LogP contribution >= 0.6 is 27.5 Å². The molecule has 2 nitrogen and oxygen atoms in total. The molecule has 0 atom stereocenters. The minimum Gasteiger partial charge on any atom is -0.485 e. The number of pyridine rings is 1. The van der Waals surface area contributed by atoms with Gasteiger partial charge in [0.15, 0.2) is 5.75 Å².